The lowest BCUT2D eigenvalue weighted by Crippen LogP contribution is -2.11. The van der Waals surface area contributed by atoms with Crippen LogP contribution in [0.3, 0.4) is 0 Å². The van der Waals surface area contributed by atoms with Crippen molar-refractivity contribution in [3.05, 3.63) is 33.8 Å². The van der Waals surface area contributed by atoms with Crippen molar-refractivity contribution < 1.29 is 5.11 Å². The van der Waals surface area contributed by atoms with Crippen molar-refractivity contribution in [2.45, 2.75) is 39.2 Å². The first-order valence-corrected chi connectivity index (χ1v) is 5.59. The summed E-state index contributed by atoms with van der Waals surface area (Å²) in [7, 11) is 0. The van der Waals surface area contributed by atoms with Crippen LogP contribution < -0.4 is 0 Å². The van der Waals surface area contributed by atoms with Gasteiger partial charge in [-0.05, 0) is 35.6 Å². The number of aliphatic hydroxyl groups excluding tert-OH is 1. The molecule has 78 valence electrons. The molecule has 0 saturated heterocycles. The molecule has 1 unspecified atom stereocenters. The maximum absolute atomic E-state index is 9.52. The largest absolute Gasteiger partial charge is 0.389 e. The monoisotopic (exact) mass is 256 g/mol. The Morgan fingerprint density at radius 3 is 2.21 bits per heavy atom. The second-order valence-electron chi connectivity index (χ2n) is 4.70. The standard InChI is InChI=1S/C12H17BrO/c1-8(14)9-5-10(12(2,3)4)7-11(13)6-9/h5-8,14H,1-4H3. The van der Waals surface area contributed by atoms with E-state index < -0.39 is 6.10 Å². The van der Waals surface area contributed by atoms with E-state index in [4.69, 9.17) is 0 Å². The van der Waals surface area contributed by atoms with Crippen LogP contribution in [-0.4, -0.2) is 5.11 Å². The molecule has 0 spiro atoms. The third-order valence-electron chi connectivity index (χ3n) is 2.27. The van der Waals surface area contributed by atoms with Gasteiger partial charge in [-0.25, -0.2) is 0 Å². The molecule has 1 rings (SSSR count). The van der Waals surface area contributed by atoms with Crippen LogP contribution in [0.2, 0.25) is 0 Å². The van der Waals surface area contributed by atoms with E-state index in [1.165, 1.54) is 5.56 Å². The molecule has 0 aliphatic carbocycles. The van der Waals surface area contributed by atoms with E-state index in [-0.39, 0.29) is 5.41 Å². The molecule has 0 bridgehead atoms. The Balaban J connectivity index is 3.21. The third kappa shape index (κ3) is 2.82. The zero-order valence-electron chi connectivity index (χ0n) is 9.13. The highest BCUT2D eigenvalue weighted by molar-refractivity contribution is 9.10. The highest BCUT2D eigenvalue weighted by Crippen LogP contribution is 2.28. The predicted molar refractivity (Wildman–Crippen MR) is 63.5 cm³/mol. The van der Waals surface area contributed by atoms with E-state index in [1.807, 2.05) is 6.07 Å². The van der Waals surface area contributed by atoms with Gasteiger partial charge in [-0.2, -0.15) is 0 Å². The van der Waals surface area contributed by atoms with E-state index in [0.29, 0.717) is 0 Å². The van der Waals surface area contributed by atoms with Crippen molar-refractivity contribution in [1.82, 2.24) is 0 Å². The molecule has 0 aromatic heterocycles. The molecule has 0 saturated carbocycles. The molecule has 2 heteroatoms. The lowest BCUT2D eigenvalue weighted by molar-refractivity contribution is 0.199. The highest BCUT2D eigenvalue weighted by Gasteiger charge is 2.15. The first-order valence-electron chi connectivity index (χ1n) is 4.80. The van der Waals surface area contributed by atoms with Crippen LogP contribution in [0.5, 0.6) is 0 Å². The highest BCUT2D eigenvalue weighted by atomic mass is 79.9. The van der Waals surface area contributed by atoms with Gasteiger partial charge in [-0.3, -0.25) is 0 Å². The number of halogens is 1. The topological polar surface area (TPSA) is 20.2 Å². The van der Waals surface area contributed by atoms with Gasteiger partial charge in [0.15, 0.2) is 0 Å². The van der Waals surface area contributed by atoms with Gasteiger partial charge in [0.2, 0.25) is 0 Å². The Kier molecular flexibility index (Phi) is 3.38. The summed E-state index contributed by atoms with van der Waals surface area (Å²) in [5, 5.41) is 9.52. The lowest BCUT2D eigenvalue weighted by atomic mass is 9.86. The number of rotatable bonds is 1. The summed E-state index contributed by atoms with van der Waals surface area (Å²) in [6.45, 7) is 8.29. The zero-order chi connectivity index (χ0) is 10.9. The van der Waals surface area contributed by atoms with Crippen LogP contribution in [0.15, 0.2) is 22.7 Å². The number of benzene rings is 1. The van der Waals surface area contributed by atoms with E-state index >= 15 is 0 Å². The van der Waals surface area contributed by atoms with Gasteiger partial charge in [0.05, 0.1) is 6.10 Å². The van der Waals surface area contributed by atoms with Crippen LogP contribution in [0.25, 0.3) is 0 Å². The van der Waals surface area contributed by atoms with Crippen LogP contribution in [0.4, 0.5) is 0 Å². The summed E-state index contributed by atoms with van der Waals surface area (Å²) in [5.41, 5.74) is 2.32. The second kappa shape index (κ2) is 4.03. The van der Waals surface area contributed by atoms with E-state index in [9.17, 15) is 5.11 Å². The van der Waals surface area contributed by atoms with Gasteiger partial charge in [0, 0.05) is 4.47 Å². The first-order chi connectivity index (χ1) is 6.30. The van der Waals surface area contributed by atoms with Gasteiger partial charge >= 0.3 is 0 Å². The number of hydrogen-bond donors (Lipinski definition) is 1. The first kappa shape index (κ1) is 11.7. The molecule has 0 aliphatic rings. The summed E-state index contributed by atoms with van der Waals surface area (Å²) in [4.78, 5) is 0. The maximum Gasteiger partial charge on any atom is 0.0762 e. The third-order valence-corrected chi connectivity index (χ3v) is 2.73. The fraction of sp³-hybridized carbons (Fsp3) is 0.500. The Labute approximate surface area is 94.3 Å². The molecule has 0 heterocycles. The molecule has 0 fully saturated rings. The van der Waals surface area contributed by atoms with E-state index in [2.05, 4.69) is 48.8 Å². The molecule has 0 radical (unpaired) electrons. The summed E-state index contributed by atoms with van der Waals surface area (Å²) in [6, 6.07) is 6.13. The van der Waals surface area contributed by atoms with Gasteiger partial charge in [0.25, 0.3) is 0 Å². The minimum Gasteiger partial charge on any atom is -0.389 e. The van der Waals surface area contributed by atoms with Crippen molar-refractivity contribution in [2.75, 3.05) is 0 Å². The lowest BCUT2D eigenvalue weighted by Gasteiger charge is -2.21. The van der Waals surface area contributed by atoms with Gasteiger partial charge in [-0.1, -0.05) is 42.8 Å². The summed E-state index contributed by atoms with van der Waals surface area (Å²) in [6.07, 6.45) is -0.409. The molecule has 14 heavy (non-hydrogen) atoms. The molecular weight excluding hydrogens is 240 g/mol. The smallest absolute Gasteiger partial charge is 0.0762 e. The zero-order valence-corrected chi connectivity index (χ0v) is 10.7. The molecular formula is C12H17BrO. The van der Waals surface area contributed by atoms with Crippen molar-refractivity contribution in [3.63, 3.8) is 0 Å². The minimum atomic E-state index is -0.409. The average molecular weight is 257 g/mol. The SMILES string of the molecule is CC(O)c1cc(Br)cc(C(C)(C)C)c1. The molecule has 1 atom stereocenters. The minimum absolute atomic E-state index is 0.118. The second-order valence-corrected chi connectivity index (χ2v) is 5.61. The van der Waals surface area contributed by atoms with Crippen LogP contribution in [0, 0.1) is 0 Å². The number of aliphatic hydroxyl groups is 1. The van der Waals surface area contributed by atoms with Gasteiger partial charge in [-0.15, -0.1) is 0 Å². The van der Waals surface area contributed by atoms with Crippen LogP contribution in [0.1, 0.15) is 44.9 Å². The average Bonchev–Trinajstić information content (AvgIpc) is 2.01. The Hall–Kier alpha value is -0.340. The summed E-state index contributed by atoms with van der Waals surface area (Å²) in [5.74, 6) is 0. The Morgan fingerprint density at radius 2 is 1.79 bits per heavy atom. The van der Waals surface area contributed by atoms with Crippen molar-refractivity contribution in [3.8, 4) is 0 Å². The fourth-order valence-electron chi connectivity index (χ4n) is 1.29. The molecule has 1 aromatic carbocycles. The maximum atomic E-state index is 9.52. The van der Waals surface area contributed by atoms with Crippen molar-refractivity contribution in [1.29, 1.82) is 0 Å². The van der Waals surface area contributed by atoms with Gasteiger partial charge in [0.1, 0.15) is 0 Å². The Morgan fingerprint density at radius 1 is 1.21 bits per heavy atom. The molecule has 0 amide bonds. The fourth-order valence-corrected chi connectivity index (χ4v) is 1.80. The predicted octanol–water partition coefficient (Wildman–Crippen LogP) is 3.80. The van der Waals surface area contributed by atoms with E-state index in [1.54, 1.807) is 6.92 Å². The molecule has 0 aliphatic heterocycles. The van der Waals surface area contributed by atoms with Crippen LogP contribution in [-0.2, 0) is 5.41 Å². The summed E-state index contributed by atoms with van der Waals surface area (Å²) >= 11 is 3.46. The van der Waals surface area contributed by atoms with Crippen molar-refractivity contribution >= 4 is 15.9 Å². The quantitative estimate of drug-likeness (QED) is 0.811. The summed E-state index contributed by atoms with van der Waals surface area (Å²) < 4.78 is 1.03. The Bertz CT molecular complexity index is 324. The molecule has 1 N–H and O–H groups in total. The van der Waals surface area contributed by atoms with Crippen LogP contribution >= 0.6 is 15.9 Å². The molecule has 1 nitrogen and oxygen atoms in total. The van der Waals surface area contributed by atoms with Crippen molar-refractivity contribution in [2.24, 2.45) is 0 Å². The molecule has 1 aromatic rings. The normalized spacial score (nSPS) is 14.1. The van der Waals surface area contributed by atoms with E-state index in [0.717, 1.165) is 10.0 Å². The number of hydrogen-bond acceptors (Lipinski definition) is 1. The van der Waals surface area contributed by atoms with Gasteiger partial charge < -0.3 is 5.11 Å².